The van der Waals surface area contributed by atoms with E-state index in [9.17, 15) is 4.79 Å². The molecule has 0 aliphatic carbocycles. The van der Waals surface area contributed by atoms with Gasteiger partial charge >= 0.3 is 0 Å². The molecule has 0 saturated heterocycles. The molecule has 2 heteroatoms. The second-order valence-corrected chi connectivity index (χ2v) is 5.40. The lowest BCUT2D eigenvalue weighted by Gasteiger charge is -2.07. The summed E-state index contributed by atoms with van der Waals surface area (Å²) >= 11 is 0. The second kappa shape index (κ2) is 5.49. The molecule has 3 rings (SSSR count). The first-order valence-electron chi connectivity index (χ1n) is 7.08. The van der Waals surface area contributed by atoms with Gasteiger partial charge in [-0.05, 0) is 42.7 Å². The number of aromatic nitrogens is 1. The highest BCUT2D eigenvalue weighted by atomic mass is 16.1. The molecular formula is C19H17NO. The number of hydrogen-bond donors (Lipinski definition) is 0. The van der Waals surface area contributed by atoms with Crippen molar-refractivity contribution in [3.8, 4) is 0 Å². The Morgan fingerprint density at radius 3 is 2.62 bits per heavy atom. The van der Waals surface area contributed by atoms with Gasteiger partial charge in [0.25, 0.3) is 0 Å². The maximum atomic E-state index is 12.6. The molecule has 0 spiro atoms. The molecule has 2 aromatic carbocycles. The van der Waals surface area contributed by atoms with Crippen molar-refractivity contribution in [1.29, 1.82) is 0 Å². The zero-order valence-electron chi connectivity index (χ0n) is 12.3. The van der Waals surface area contributed by atoms with Crippen molar-refractivity contribution in [1.82, 2.24) is 4.98 Å². The van der Waals surface area contributed by atoms with Gasteiger partial charge < -0.3 is 0 Å². The van der Waals surface area contributed by atoms with Crippen LogP contribution in [0.5, 0.6) is 0 Å². The summed E-state index contributed by atoms with van der Waals surface area (Å²) < 4.78 is 0. The van der Waals surface area contributed by atoms with Crippen LogP contribution < -0.4 is 0 Å². The molecule has 2 nitrogen and oxygen atoms in total. The lowest BCUT2D eigenvalue weighted by atomic mass is 9.98. The van der Waals surface area contributed by atoms with E-state index in [1.807, 2.05) is 36.4 Å². The molecule has 0 aliphatic rings. The van der Waals surface area contributed by atoms with Gasteiger partial charge in [0.1, 0.15) is 0 Å². The Bertz CT molecular complexity index is 815. The number of Topliss-reactive ketones (excluding diaryl/α,β-unsaturated/α-hetero) is 1. The molecular weight excluding hydrogens is 258 g/mol. The summed E-state index contributed by atoms with van der Waals surface area (Å²) in [5, 5.41) is 1.00. The quantitative estimate of drug-likeness (QED) is 0.668. The highest BCUT2D eigenvalue weighted by Gasteiger charge is 2.11. The maximum Gasteiger partial charge on any atom is 0.169 e. The molecule has 0 fully saturated rings. The lowest BCUT2D eigenvalue weighted by Crippen LogP contribution is -2.05. The average Bonchev–Trinajstić information content (AvgIpc) is 2.50. The Labute approximate surface area is 124 Å². The Kier molecular flexibility index (Phi) is 3.53. The van der Waals surface area contributed by atoms with Crippen LogP contribution in [-0.4, -0.2) is 10.8 Å². The molecule has 1 heterocycles. The first kappa shape index (κ1) is 13.5. The van der Waals surface area contributed by atoms with Gasteiger partial charge in [-0.1, -0.05) is 36.4 Å². The number of carbonyl (C=O) groups excluding carboxylic acids is 1. The highest BCUT2D eigenvalue weighted by Crippen LogP contribution is 2.19. The number of carbonyl (C=O) groups is 1. The number of rotatable bonds is 3. The van der Waals surface area contributed by atoms with Crippen molar-refractivity contribution in [2.45, 2.75) is 20.3 Å². The van der Waals surface area contributed by atoms with Crippen LogP contribution in [-0.2, 0) is 6.42 Å². The van der Waals surface area contributed by atoms with E-state index >= 15 is 0 Å². The zero-order valence-corrected chi connectivity index (χ0v) is 12.3. The van der Waals surface area contributed by atoms with Crippen LogP contribution in [0.2, 0.25) is 0 Å². The van der Waals surface area contributed by atoms with E-state index in [4.69, 9.17) is 0 Å². The van der Waals surface area contributed by atoms with Crippen molar-refractivity contribution < 1.29 is 4.79 Å². The predicted octanol–water partition coefficient (Wildman–Crippen LogP) is 4.28. The largest absolute Gasteiger partial charge is 0.294 e. The zero-order chi connectivity index (χ0) is 14.8. The third-order valence-electron chi connectivity index (χ3n) is 3.87. The van der Waals surface area contributed by atoms with E-state index in [0.717, 1.165) is 16.5 Å². The fourth-order valence-electron chi connectivity index (χ4n) is 2.52. The van der Waals surface area contributed by atoms with Crippen molar-refractivity contribution in [2.75, 3.05) is 0 Å². The number of benzene rings is 2. The monoisotopic (exact) mass is 275 g/mol. The molecule has 1 aromatic heterocycles. The van der Waals surface area contributed by atoms with Crippen LogP contribution in [0.4, 0.5) is 0 Å². The Hall–Kier alpha value is -2.48. The van der Waals surface area contributed by atoms with E-state index in [2.05, 4.69) is 31.0 Å². The Morgan fingerprint density at radius 2 is 1.81 bits per heavy atom. The van der Waals surface area contributed by atoms with Gasteiger partial charge in [-0.2, -0.15) is 0 Å². The van der Waals surface area contributed by atoms with Crippen LogP contribution in [0, 0.1) is 13.8 Å². The van der Waals surface area contributed by atoms with Gasteiger partial charge in [0, 0.05) is 23.6 Å². The SMILES string of the molecule is Cc1ccc(CC(=O)c2cccc3cccnc23)cc1C. The number of fused-ring (bicyclic) bond motifs is 1. The Morgan fingerprint density at radius 1 is 1.00 bits per heavy atom. The standard InChI is InChI=1S/C19H17NO/c1-13-8-9-15(11-14(13)2)12-18(21)17-7-3-5-16-6-4-10-20-19(16)17/h3-11H,12H2,1-2H3. The molecule has 0 N–H and O–H groups in total. The van der Waals surface area contributed by atoms with Gasteiger partial charge in [0.2, 0.25) is 0 Å². The van der Waals surface area contributed by atoms with Gasteiger partial charge in [0.05, 0.1) is 5.52 Å². The van der Waals surface area contributed by atoms with Crippen molar-refractivity contribution in [3.05, 3.63) is 77.0 Å². The van der Waals surface area contributed by atoms with Gasteiger partial charge in [0.15, 0.2) is 5.78 Å². The van der Waals surface area contributed by atoms with Crippen LogP contribution in [0.15, 0.2) is 54.7 Å². The molecule has 0 radical (unpaired) electrons. The second-order valence-electron chi connectivity index (χ2n) is 5.40. The molecule has 104 valence electrons. The summed E-state index contributed by atoms with van der Waals surface area (Å²) in [6.07, 6.45) is 2.14. The van der Waals surface area contributed by atoms with Gasteiger partial charge in [-0.3, -0.25) is 9.78 Å². The first-order chi connectivity index (χ1) is 10.1. The third-order valence-corrected chi connectivity index (χ3v) is 3.87. The number of aryl methyl sites for hydroxylation is 2. The lowest BCUT2D eigenvalue weighted by molar-refractivity contribution is 0.0994. The predicted molar refractivity (Wildman–Crippen MR) is 85.7 cm³/mol. The fraction of sp³-hybridized carbons (Fsp3) is 0.158. The number of pyridine rings is 1. The highest BCUT2D eigenvalue weighted by molar-refractivity contribution is 6.07. The minimum absolute atomic E-state index is 0.113. The number of hydrogen-bond acceptors (Lipinski definition) is 2. The maximum absolute atomic E-state index is 12.6. The molecule has 0 bridgehead atoms. The van der Waals surface area contributed by atoms with Gasteiger partial charge in [-0.25, -0.2) is 0 Å². The van der Waals surface area contributed by atoms with Crippen LogP contribution in [0.25, 0.3) is 10.9 Å². The van der Waals surface area contributed by atoms with Crippen molar-refractivity contribution in [2.24, 2.45) is 0 Å². The Balaban J connectivity index is 1.95. The molecule has 0 unspecified atom stereocenters. The molecule has 3 aromatic rings. The summed E-state index contributed by atoms with van der Waals surface area (Å²) in [5.74, 6) is 0.113. The van der Waals surface area contributed by atoms with E-state index in [0.29, 0.717) is 12.0 Å². The smallest absolute Gasteiger partial charge is 0.169 e. The summed E-state index contributed by atoms with van der Waals surface area (Å²) in [6, 6.07) is 15.8. The first-order valence-corrected chi connectivity index (χ1v) is 7.08. The molecule has 0 saturated carbocycles. The van der Waals surface area contributed by atoms with E-state index < -0.39 is 0 Å². The molecule has 0 atom stereocenters. The van der Waals surface area contributed by atoms with E-state index in [1.165, 1.54) is 11.1 Å². The van der Waals surface area contributed by atoms with Gasteiger partial charge in [-0.15, -0.1) is 0 Å². The van der Waals surface area contributed by atoms with Crippen molar-refractivity contribution >= 4 is 16.7 Å². The van der Waals surface area contributed by atoms with Crippen LogP contribution >= 0.6 is 0 Å². The van der Waals surface area contributed by atoms with Crippen LogP contribution in [0.3, 0.4) is 0 Å². The van der Waals surface area contributed by atoms with Crippen LogP contribution in [0.1, 0.15) is 27.0 Å². The minimum atomic E-state index is 0.113. The van der Waals surface area contributed by atoms with E-state index in [-0.39, 0.29) is 5.78 Å². The minimum Gasteiger partial charge on any atom is -0.294 e. The fourth-order valence-corrected chi connectivity index (χ4v) is 2.52. The summed E-state index contributed by atoms with van der Waals surface area (Å²) in [7, 11) is 0. The topological polar surface area (TPSA) is 30.0 Å². The number of nitrogens with zero attached hydrogens (tertiary/aromatic N) is 1. The summed E-state index contributed by atoms with van der Waals surface area (Å²) in [5.41, 5.74) is 5.01. The molecule has 0 aliphatic heterocycles. The normalized spacial score (nSPS) is 10.8. The molecule has 0 amide bonds. The van der Waals surface area contributed by atoms with Crippen molar-refractivity contribution in [3.63, 3.8) is 0 Å². The average molecular weight is 275 g/mol. The number of para-hydroxylation sites is 1. The summed E-state index contributed by atoms with van der Waals surface area (Å²) in [6.45, 7) is 4.15. The third kappa shape index (κ3) is 2.70. The molecule has 21 heavy (non-hydrogen) atoms. The van der Waals surface area contributed by atoms with E-state index in [1.54, 1.807) is 6.20 Å². The summed E-state index contributed by atoms with van der Waals surface area (Å²) in [4.78, 5) is 16.9. The number of ketones is 1.